The molecule has 25 heavy (non-hydrogen) atoms. The lowest BCUT2D eigenvalue weighted by Gasteiger charge is -2.22. The molecule has 1 atom stereocenters. The first-order chi connectivity index (χ1) is 12.3. The van der Waals surface area contributed by atoms with Gasteiger partial charge in [0.15, 0.2) is 0 Å². The van der Waals surface area contributed by atoms with Gasteiger partial charge in [0.1, 0.15) is 30.4 Å². The van der Waals surface area contributed by atoms with E-state index in [0.29, 0.717) is 13.3 Å². The van der Waals surface area contributed by atoms with Crippen molar-refractivity contribution in [1.82, 2.24) is 19.9 Å². The molecule has 1 saturated heterocycles. The smallest absolute Gasteiger partial charge is 0.323 e. The largest absolute Gasteiger partial charge is 0.460 e. The highest BCUT2D eigenvalue weighted by atomic mass is 16.5. The number of nitrogens with zero attached hydrogens (tertiary/aromatic N) is 4. The van der Waals surface area contributed by atoms with Gasteiger partial charge < -0.3 is 4.74 Å². The third kappa shape index (κ3) is 3.53. The predicted octanol–water partition coefficient (Wildman–Crippen LogP) is 2.60. The molecule has 0 unspecified atom stereocenters. The molecule has 3 aromatic rings. The number of benzene rings is 2. The molecule has 0 aliphatic carbocycles. The van der Waals surface area contributed by atoms with Gasteiger partial charge in [0.25, 0.3) is 0 Å². The quantitative estimate of drug-likeness (QED) is 0.670. The van der Waals surface area contributed by atoms with E-state index >= 15 is 0 Å². The summed E-state index contributed by atoms with van der Waals surface area (Å²) >= 11 is 0. The number of rotatable bonds is 5. The number of hydrogen-bond acceptors (Lipinski definition) is 5. The molecule has 0 amide bonds. The molecule has 4 rings (SSSR count). The Kier molecular flexibility index (Phi) is 4.43. The lowest BCUT2D eigenvalue weighted by Crippen LogP contribution is -2.38. The Morgan fingerprint density at radius 1 is 1.04 bits per heavy atom. The van der Waals surface area contributed by atoms with Crippen LogP contribution in [0.15, 0.2) is 54.6 Å². The zero-order chi connectivity index (χ0) is 17.1. The second kappa shape index (κ2) is 7.03. The fourth-order valence-electron chi connectivity index (χ4n) is 3.22. The van der Waals surface area contributed by atoms with Crippen molar-refractivity contribution < 1.29 is 9.53 Å². The molecule has 0 spiro atoms. The molecule has 2 heterocycles. The zero-order valence-electron chi connectivity index (χ0n) is 13.9. The van der Waals surface area contributed by atoms with Gasteiger partial charge in [-0.25, -0.2) is 0 Å². The van der Waals surface area contributed by atoms with Crippen LogP contribution in [0.5, 0.6) is 0 Å². The maximum Gasteiger partial charge on any atom is 0.323 e. The summed E-state index contributed by atoms with van der Waals surface area (Å²) < 4.78 is 5.51. The van der Waals surface area contributed by atoms with E-state index < -0.39 is 0 Å². The van der Waals surface area contributed by atoms with Crippen molar-refractivity contribution in [3.05, 3.63) is 60.2 Å². The van der Waals surface area contributed by atoms with Crippen LogP contribution in [-0.4, -0.2) is 38.4 Å². The first kappa shape index (κ1) is 15.8. The number of aromatic nitrogens is 3. The van der Waals surface area contributed by atoms with Crippen molar-refractivity contribution >= 4 is 17.0 Å². The molecule has 2 aromatic carbocycles. The number of carbonyl (C=O) groups is 1. The predicted molar refractivity (Wildman–Crippen MR) is 93.5 cm³/mol. The topological polar surface area (TPSA) is 60.2 Å². The van der Waals surface area contributed by atoms with Gasteiger partial charge >= 0.3 is 5.97 Å². The molecule has 6 nitrogen and oxygen atoms in total. The molecule has 1 fully saturated rings. The Labute approximate surface area is 146 Å². The first-order valence-electron chi connectivity index (χ1n) is 8.54. The molecule has 0 bridgehead atoms. The van der Waals surface area contributed by atoms with Crippen LogP contribution < -0.4 is 0 Å². The monoisotopic (exact) mass is 336 g/mol. The number of hydrogen-bond donors (Lipinski definition) is 0. The zero-order valence-corrected chi connectivity index (χ0v) is 13.9. The van der Waals surface area contributed by atoms with E-state index in [0.717, 1.165) is 36.0 Å². The minimum Gasteiger partial charge on any atom is -0.460 e. The van der Waals surface area contributed by atoms with Crippen molar-refractivity contribution in [3.8, 4) is 0 Å². The molecule has 6 heteroatoms. The van der Waals surface area contributed by atoms with Crippen LogP contribution in [0.1, 0.15) is 18.4 Å². The van der Waals surface area contributed by atoms with Crippen LogP contribution in [-0.2, 0) is 22.8 Å². The standard InChI is InChI=1S/C19H20N4O2/c24-19(25-13-15-7-2-1-3-8-15)18-11-6-12-22(18)14-23-20-16-9-4-5-10-17(16)21-23/h1-5,7-10,18H,6,11-14H2/t18-/m0/s1. The van der Waals surface area contributed by atoms with E-state index in [2.05, 4.69) is 15.1 Å². The van der Waals surface area contributed by atoms with Gasteiger partial charge in [0.2, 0.25) is 0 Å². The number of fused-ring (bicyclic) bond motifs is 1. The second-order valence-corrected chi connectivity index (χ2v) is 6.27. The minimum absolute atomic E-state index is 0.168. The van der Waals surface area contributed by atoms with Gasteiger partial charge in [0, 0.05) is 6.54 Å². The van der Waals surface area contributed by atoms with E-state index in [9.17, 15) is 4.79 Å². The molecular weight excluding hydrogens is 316 g/mol. The lowest BCUT2D eigenvalue weighted by atomic mass is 10.2. The van der Waals surface area contributed by atoms with E-state index in [1.54, 1.807) is 4.80 Å². The van der Waals surface area contributed by atoms with Crippen molar-refractivity contribution in [2.24, 2.45) is 0 Å². The van der Waals surface area contributed by atoms with Crippen LogP contribution in [0.25, 0.3) is 11.0 Å². The maximum absolute atomic E-state index is 12.5. The van der Waals surface area contributed by atoms with Gasteiger partial charge in [-0.15, -0.1) is 0 Å². The first-order valence-corrected chi connectivity index (χ1v) is 8.54. The average molecular weight is 336 g/mol. The third-order valence-corrected chi connectivity index (χ3v) is 4.50. The SMILES string of the molecule is O=C(OCc1ccccc1)[C@@H]1CCCN1Cn1nc2ccccc2n1. The summed E-state index contributed by atoms with van der Waals surface area (Å²) in [7, 11) is 0. The minimum atomic E-state index is -0.224. The molecule has 128 valence electrons. The molecule has 1 aliphatic heterocycles. The summed E-state index contributed by atoms with van der Waals surface area (Å²) in [5, 5.41) is 8.95. The number of likely N-dealkylation sites (tertiary alicyclic amines) is 1. The summed E-state index contributed by atoms with van der Waals surface area (Å²) in [5.41, 5.74) is 2.73. The molecular formula is C19H20N4O2. The Balaban J connectivity index is 1.40. The Hall–Kier alpha value is -2.73. The van der Waals surface area contributed by atoms with Crippen molar-refractivity contribution in [1.29, 1.82) is 0 Å². The van der Waals surface area contributed by atoms with Crippen molar-refractivity contribution in [2.45, 2.75) is 32.2 Å². The van der Waals surface area contributed by atoms with E-state index in [-0.39, 0.29) is 12.0 Å². The van der Waals surface area contributed by atoms with Gasteiger partial charge in [-0.1, -0.05) is 42.5 Å². The van der Waals surface area contributed by atoms with E-state index in [4.69, 9.17) is 4.74 Å². The van der Waals surface area contributed by atoms with Gasteiger partial charge in [-0.05, 0) is 30.5 Å². The highest BCUT2D eigenvalue weighted by molar-refractivity contribution is 5.76. The summed E-state index contributed by atoms with van der Waals surface area (Å²) in [6.07, 6.45) is 1.79. The molecule has 0 saturated carbocycles. The number of esters is 1. The second-order valence-electron chi connectivity index (χ2n) is 6.27. The average Bonchev–Trinajstić information content (AvgIpc) is 3.27. The van der Waals surface area contributed by atoms with Gasteiger partial charge in [-0.2, -0.15) is 15.0 Å². The third-order valence-electron chi connectivity index (χ3n) is 4.50. The van der Waals surface area contributed by atoms with Crippen LogP contribution >= 0.6 is 0 Å². The Bertz CT molecular complexity index is 829. The fraction of sp³-hybridized carbons (Fsp3) is 0.316. The van der Waals surface area contributed by atoms with Gasteiger partial charge in [-0.3, -0.25) is 9.69 Å². The van der Waals surface area contributed by atoms with Crippen molar-refractivity contribution in [3.63, 3.8) is 0 Å². The lowest BCUT2D eigenvalue weighted by molar-refractivity contribution is -0.151. The van der Waals surface area contributed by atoms with Crippen LogP contribution in [0, 0.1) is 0 Å². The molecule has 0 N–H and O–H groups in total. The Morgan fingerprint density at radius 2 is 1.72 bits per heavy atom. The van der Waals surface area contributed by atoms with Crippen LogP contribution in [0.3, 0.4) is 0 Å². The van der Waals surface area contributed by atoms with E-state index in [1.807, 2.05) is 54.6 Å². The number of carbonyl (C=O) groups excluding carboxylic acids is 1. The summed E-state index contributed by atoms with van der Waals surface area (Å²) in [5.74, 6) is -0.168. The normalized spacial score (nSPS) is 17.8. The fourth-order valence-corrected chi connectivity index (χ4v) is 3.22. The molecule has 1 aliphatic rings. The molecule has 1 aromatic heterocycles. The summed E-state index contributed by atoms with van der Waals surface area (Å²) in [4.78, 5) is 16.2. The summed E-state index contributed by atoms with van der Waals surface area (Å²) in [6, 6.07) is 17.3. The van der Waals surface area contributed by atoms with Gasteiger partial charge in [0.05, 0.1) is 0 Å². The van der Waals surface area contributed by atoms with Crippen LogP contribution in [0.2, 0.25) is 0 Å². The summed E-state index contributed by atoms with van der Waals surface area (Å²) in [6.45, 7) is 1.66. The van der Waals surface area contributed by atoms with Crippen molar-refractivity contribution in [2.75, 3.05) is 6.54 Å². The van der Waals surface area contributed by atoms with Crippen LogP contribution in [0.4, 0.5) is 0 Å². The molecule has 0 radical (unpaired) electrons. The maximum atomic E-state index is 12.5. The highest BCUT2D eigenvalue weighted by Gasteiger charge is 2.32. The highest BCUT2D eigenvalue weighted by Crippen LogP contribution is 2.20. The number of ether oxygens (including phenoxy) is 1. The Morgan fingerprint density at radius 3 is 2.44 bits per heavy atom. The van der Waals surface area contributed by atoms with E-state index in [1.165, 1.54) is 0 Å².